The minimum Gasteiger partial charge on any atom is -0.490 e. The first kappa shape index (κ1) is 29.7. The Kier molecular flexibility index (Phi) is 8.99. The van der Waals surface area contributed by atoms with Crippen LogP contribution in [0.2, 0.25) is 10.0 Å². The summed E-state index contributed by atoms with van der Waals surface area (Å²) in [4.78, 5) is 31.3. The van der Waals surface area contributed by atoms with E-state index in [0.29, 0.717) is 34.2 Å². The smallest absolute Gasteiger partial charge is 0.345 e. The van der Waals surface area contributed by atoms with E-state index < -0.39 is 11.9 Å². The summed E-state index contributed by atoms with van der Waals surface area (Å²) in [5.74, 6) is -0.478. The topological polar surface area (TPSA) is 96.0 Å². The molecule has 218 valence electrons. The van der Waals surface area contributed by atoms with Crippen molar-refractivity contribution in [3.63, 3.8) is 0 Å². The van der Waals surface area contributed by atoms with Crippen LogP contribution in [0.3, 0.4) is 0 Å². The zero-order valence-corrected chi connectivity index (χ0v) is 25.2. The van der Waals surface area contributed by atoms with Gasteiger partial charge in [0.05, 0.1) is 23.4 Å². The summed E-state index contributed by atoms with van der Waals surface area (Å²) >= 11 is 12.7. The van der Waals surface area contributed by atoms with Crippen molar-refractivity contribution in [1.29, 1.82) is 0 Å². The van der Waals surface area contributed by atoms with E-state index in [4.69, 9.17) is 32.7 Å². The van der Waals surface area contributed by atoms with Crippen molar-refractivity contribution in [3.8, 4) is 22.6 Å². The maximum absolute atomic E-state index is 13.4. The standard InChI is InChI=1S/C33H28Cl2N4O4/c1-4-42-29-17-20(13-16-28(29)43-33(41)23-10-6-8-12-26(23)35)19-36-38-32(40)31-30(22-9-5-7-11-25(22)34)24-18-21(39(2)3)14-15-27(24)37-31/h5-19,37H,4H2,1-3H3,(H,38,40). The lowest BCUT2D eigenvalue weighted by molar-refractivity contribution is 0.0728. The zero-order chi connectivity index (χ0) is 30.5. The minimum absolute atomic E-state index is 0.229. The number of amides is 1. The molecule has 10 heteroatoms. The number of aromatic nitrogens is 1. The molecule has 5 aromatic rings. The number of aromatic amines is 1. The molecule has 0 aliphatic rings. The number of anilines is 1. The van der Waals surface area contributed by atoms with Crippen LogP contribution in [-0.4, -0.2) is 43.8 Å². The lowest BCUT2D eigenvalue weighted by Gasteiger charge is -2.13. The predicted molar refractivity (Wildman–Crippen MR) is 172 cm³/mol. The average molecular weight is 616 g/mol. The first-order valence-electron chi connectivity index (χ1n) is 13.4. The third kappa shape index (κ3) is 6.51. The summed E-state index contributed by atoms with van der Waals surface area (Å²) < 4.78 is 11.3. The fourth-order valence-corrected chi connectivity index (χ4v) is 4.98. The molecule has 0 atom stereocenters. The van der Waals surface area contributed by atoms with E-state index in [1.165, 1.54) is 6.21 Å². The molecule has 0 fully saturated rings. The van der Waals surface area contributed by atoms with Crippen LogP contribution < -0.4 is 19.8 Å². The van der Waals surface area contributed by atoms with Crippen molar-refractivity contribution in [1.82, 2.24) is 10.4 Å². The van der Waals surface area contributed by atoms with Crippen LogP contribution in [0, 0.1) is 0 Å². The number of esters is 1. The van der Waals surface area contributed by atoms with Crippen LogP contribution in [0.5, 0.6) is 11.5 Å². The molecule has 1 heterocycles. The van der Waals surface area contributed by atoms with E-state index in [1.807, 2.05) is 62.3 Å². The third-order valence-corrected chi connectivity index (χ3v) is 7.27. The maximum Gasteiger partial charge on any atom is 0.345 e. The fraction of sp³-hybridized carbons (Fsp3) is 0.121. The van der Waals surface area contributed by atoms with Crippen molar-refractivity contribution in [2.45, 2.75) is 6.92 Å². The number of benzene rings is 4. The van der Waals surface area contributed by atoms with Crippen LogP contribution in [0.1, 0.15) is 33.3 Å². The number of carbonyl (C=O) groups is 2. The van der Waals surface area contributed by atoms with Gasteiger partial charge in [-0.05, 0) is 67.1 Å². The molecule has 0 spiro atoms. The molecular formula is C33H28Cl2N4O4. The zero-order valence-electron chi connectivity index (χ0n) is 23.7. The highest BCUT2D eigenvalue weighted by Crippen LogP contribution is 2.38. The quantitative estimate of drug-likeness (QED) is 0.0771. The molecule has 8 nitrogen and oxygen atoms in total. The van der Waals surface area contributed by atoms with Crippen molar-refractivity contribution in [2.75, 3.05) is 25.6 Å². The van der Waals surface area contributed by atoms with E-state index in [0.717, 1.165) is 22.2 Å². The Morgan fingerprint density at radius 3 is 2.40 bits per heavy atom. The van der Waals surface area contributed by atoms with Gasteiger partial charge >= 0.3 is 5.97 Å². The summed E-state index contributed by atoms with van der Waals surface area (Å²) in [5.41, 5.74) is 6.96. The summed E-state index contributed by atoms with van der Waals surface area (Å²) in [7, 11) is 3.91. The Hall–Kier alpha value is -4.79. The molecule has 0 aliphatic heterocycles. The van der Waals surface area contributed by atoms with Gasteiger partial charge in [0.2, 0.25) is 0 Å². The number of hydrogen-bond donors (Lipinski definition) is 2. The van der Waals surface area contributed by atoms with Crippen molar-refractivity contribution < 1.29 is 19.1 Å². The number of hydrogen-bond acceptors (Lipinski definition) is 6. The molecule has 4 aromatic carbocycles. The number of nitrogens with zero attached hydrogens (tertiary/aromatic N) is 2. The van der Waals surface area contributed by atoms with E-state index >= 15 is 0 Å². The Morgan fingerprint density at radius 1 is 0.930 bits per heavy atom. The molecule has 1 amide bonds. The van der Waals surface area contributed by atoms with Gasteiger partial charge in [-0.25, -0.2) is 10.2 Å². The predicted octanol–water partition coefficient (Wildman–Crippen LogP) is 7.59. The van der Waals surface area contributed by atoms with Crippen LogP contribution >= 0.6 is 23.2 Å². The molecule has 0 bridgehead atoms. The van der Waals surface area contributed by atoms with Crippen LogP contribution in [0.25, 0.3) is 22.0 Å². The van der Waals surface area contributed by atoms with Gasteiger partial charge < -0.3 is 19.4 Å². The fourth-order valence-electron chi connectivity index (χ4n) is 4.53. The Labute approximate surface area is 258 Å². The largest absolute Gasteiger partial charge is 0.490 e. The van der Waals surface area contributed by atoms with Gasteiger partial charge in [-0.2, -0.15) is 5.10 Å². The van der Waals surface area contributed by atoms with Crippen molar-refractivity contribution in [2.24, 2.45) is 5.10 Å². The van der Waals surface area contributed by atoms with Gasteiger partial charge in [0.1, 0.15) is 5.69 Å². The highest BCUT2D eigenvalue weighted by molar-refractivity contribution is 6.34. The SMILES string of the molecule is CCOc1cc(C=NNC(=O)c2[nH]c3ccc(N(C)C)cc3c2-c2ccccc2Cl)ccc1OC(=O)c1ccccc1Cl. The van der Waals surface area contributed by atoms with E-state index in [9.17, 15) is 9.59 Å². The number of nitrogens with one attached hydrogen (secondary N) is 2. The maximum atomic E-state index is 13.4. The minimum atomic E-state index is -0.606. The van der Waals surface area contributed by atoms with Gasteiger partial charge in [-0.3, -0.25) is 4.79 Å². The highest BCUT2D eigenvalue weighted by Gasteiger charge is 2.21. The lowest BCUT2D eigenvalue weighted by Crippen LogP contribution is -2.19. The molecule has 0 aliphatic carbocycles. The van der Waals surface area contributed by atoms with Gasteiger partial charge in [0.15, 0.2) is 11.5 Å². The molecule has 2 N–H and O–H groups in total. The van der Waals surface area contributed by atoms with Gasteiger partial charge in [-0.1, -0.05) is 53.5 Å². The first-order valence-corrected chi connectivity index (χ1v) is 14.2. The molecule has 0 unspecified atom stereocenters. The van der Waals surface area contributed by atoms with Gasteiger partial charge in [-0.15, -0.1) is 0 Å². The Bertz CT molecular complexity index is 1850. The van der Waals surface area contributed by atoms with Gasteiger partial charge in [0, 0.05) is 46.8 Å². The normalized spacial score (nSPS) is 11.1. The van der Waals surface area contributed by atoms with Crippen LogP contribution in [0.15, 0.2) is 90.0 Å². The summed E-state index contributed by atoms with van der Waals surface area (Å²) in [6, 6.07) is 24.9. The second kappa shape index (κ2) is 13.0. The monoisotopic (exact) mass is 614 g/mol. The second-order valence-corrected chi connectivity index (χ2v) is 10.5. The van der Waals surface area contributed by atoms with Gasteiger partial charge in [0.25, 0.3) is 5.91 Å². The number of fused-ring (bicyclic) bond motifs is 1. The average Bonchev–Trinajstić information content (AvgIpc) is 3.37. The molecule has 43 heavy (non-hydrogen) atoms. The van der Waals surface area contributed by atoms with Crippen molar-refractivity contribution in [3.05, 3.63) is 112 Å². The second-order valence-electron chi connectivity index (χ2n) is 9.69. The number of hydrazone groups is 1. The Morgan fingerprint density at radius 2 is 1.67 bits per heavy atom. The lowest BCUT2D eigenvalue weighted by atomic mass is 10.0. The number of ether oxygens (including phenoxy) is 2. The molecule has 1 aromatic heterocycles. The van der Waals surface area contributed by atoms with Crippen molar-refractivity contribution >= 4 is 57.9 Å². The van der Waals surface area contributed by atoms with E-state index in [2.05, 4.69) is 15.5 Å². The number of H-pyrrole nitrogens is 1. The Balaban J connectivity index is 1.40. The van der Waals surface area contributed by atoms with E-state index in [1.54, 1.807) is 48.5 Å². The third-order valence-electron chi connectivity index (χ3n) is 6.61. The molecule has 0 saturated heterocycles. The molecular weight excluding hydrogens is 587 g/mol. The van der Waals surface area contributed by atoms with Crippen LogP contribution in [-0.2, 0) is 0 Å². The number of rotatable bonds is 9. The summed E-state index contributed by atoms with van der Waals surface area (Å²) in [5, 5.41) is 5.84. The summed E-state index contributed by atoms with van der Waals surface area (Å²) in [6.45, 7) is 2.16. The highest BCUT2D eigenvalue weighted by atomic mass is 35.5. The number of halogens is 2. The first-order chi connectivity index (χ1) is 20.8. The summed E-state index contributed by atoms with van der Waals surface area (Å²) in [6.07, 6.45) is 1.47. The van der Waals surface area contributed by atoms with Crippen LogP contribution in [0.4, 0.5) is 5.69 Å². The van der Waals surface area contributed by atoms with E-state index in [-0.39, 0.29) is 16.3 Å². The molecule has 0 radical (unpaired) electrons. The number of carbonyl (C=O) groups excluding carboxylic acids is 2. The molecule has 5 rings (SSSR count). The molecule has 0 saturated carbocycles.